The van der Waals surface area contributed by atoms with Gasteiger partial charge in [-0.3, -0.25) is 14.9 Å². The average molecular weight is 542 g/mol. The number of non-ortho nitro benzene ring substituents is 1. The van der Waals surface area contributed by atoms with Crippen LogP contribution in [-0.2, 0) is 14.9 Å². The van der Waals surface area contributed by atoms with Crippen molar-refractivity contribution in [3.05, 3.63) is 98.0 Å². The van der Waals surface area contributed by atoms with Crippen molar-refractivity contribution in [1.29, 1.82) is 5.26 Å². The Morgan fingerprint density at radius 2 is 1.85 bits per heavy atom. The first kappa shape index (κ1) is 24.6. The summed E-state index contributed by atoms with van der Waals surface area (Å²) in [5.41, 5.74) is 0.272. The van der Waals surface area contributed by atoms with Gasteiger partial charge in [0.15, 0.2) is 0 Å². The fourth-order valence-corrected chi connectivity index (χ4v) is 4.17. The third-order valence-electron chi connectivity index (χ3n) is 4.55. The lowest BCUT2D eigenvalue weighted by Crippen LogP contribution is -2.15. The number of carbonyl (C=O) groups is 1. The first-order chi connectivity index (χ1) is 16.1. The van der Waals surface area contributed by atoms with Gasteiger partial charge < -0.3 is 9.50 Å². The number of nitrogens with one attached hydrogen (secondary N) is 1. The normalized spacial score (nSPS) is 11.4. The molecule has 3 aromatic carbocycles. The number of nitro groups is 1. The second-order valence-corrected chi connectivity index (χ2v) is 9.37. The minimum absolute atomic E-state index is 0.0627. The molecule has 0 fully saturated rings. The molecule has 0 bridgehead atoms. The third kappa shape index (κ3) is 5.86. The number of amides is 1. The van der Waals surface area contributed by atoms with Crippen LogP contribution in [0, 0.1) is 28.4 Å². The molecule has 172 valence electrons. The minimum atomic E-state index is -4.17. The van der Waals surface area contributed by atoms with E-state index in [0.717, 1.165) is 0 Å². The number of hydrogen-bond donors (Lipinski definition) is 1. The molecule has 9 nitrogen and oxygen atoms in total. The van der Waals surface area contributed by atoms with E-state index in [4.69, 9.17) is 4.18 Å². The Morgan fingerprint density at radius 3 is 2.50 bits per heavy atom. The average Bonchev–Trinajstić information content (AvgIpc) is 2.80. The molecule has 0 aromatic heterocycles. The second-order valence-electron chi connectivity index (χ2n) is 6.91. The molecule has 0 aliphatic rings. The van der Waals surface area contributed by atoms with Crippen molar-refractivity contribution in [3.8, 4) is 11.8 Å². The van der Waals surface area contributed by atoms with Crippen LogP contribution in [0.1, 0.15) is 11.1 Å². The van der Waals surface area contributed by atoms with E-state index in [1.165, 1.54) is 48.5 Å². The van der Waals surface area contributed by atoms with Crippen molar-refractivity contribution < 1.29 is 22.3 Å². The maximum absolute atomic E-state index is 12.7. The van der Waals surface area contributed by atoms with E-state index in [0.29, 0.717) is 10.0 Å². The molecule has 0 saturated heterocycles. The molecule has 1 amide bonds. The van der Waals surface area contributed by atoms with Gasteiger partial charge in [-0.05, 0) is 48.9 Å². The zero-order valence-corrected chi connectivity index (χ0v) is 20.0. The summed E-state index contributed by atoms with van der Waals surface area (Å²) in [7, 11) is -4.17. The molecule has 0 spiro atoms. The molecule has 3 aromatic rings. The van der Waals surface area contributed by atoms with Crippen molar-refractivity contribution >= 4 is 49.4 Å². The topological polar surface area (TPSA) is 139 Å². The van der Waals surface area contributed by atoms with E-state index in [9.17, 15) is 28.6 Å². The van der Waals surface area contributed by atoms with Gasteiger partial charge in [-0.25, -0.2) is 0 Å². The lowest BCUT2D eigenvalue weighted by molar-refractivity contribution is -0.384. The number of nitrogens with zero attached hydrogens (tertiary/aromatic N) is 2. The summed E-state index contributed by atoms with van der Waals surface area (Å²) in [6.07, 6.45) is 1.17. The van der Waals surface area contributed by atoms with Crippen LogP contribution in [0.3, 0.4) is 0 Å². The van der Waals surface area contributed by atoms with E-state index in [1.807, 2.05) is 0 Å². The molecular formula is C23H16BrN3O6S. The molecule has 34 heavy (non-hydrogen) atoms. The van der Waals surface area contributed by atoms with E-state index in [-0.39, 0.29) is 33.2 Å². The summed E-state index contributed by atoms with van der Waals surface area (Å²) >= 11 is 3.27. The van der Waals surface area contributed by atoms with Gasteiger partial charge in [-0.1, -0.05) is 40.2 Å². The number of benzene rings is 3. The Bertz CT molecular complexity index is 1450. The summed E-state index contributed by atoms with van der Waals surface area (Å²) in [4.78, 5) is 23.1. The van der Waals surface area contributed by atoms with Gasteiger partial charge in [0.1, 0.15) is 22.3 Å². The lowest BCUT2D eigenvalue weighted by atomic mass is 10.1. The summed E-state index contributed by atoms with van der Waals surface area (Å²) in [6, 6.07) is 17.6. The monoisotopic (exact) mass is 541 g/mol. The number of hydrogen-bond acceptors (Lipinski definition) is 7. The maximum atomic E-state index is 12.7. The van der Waals surface area contributed by atoms with Gasteiger partial charge in [0.25, 0.3) is 11.6 Å². The first-order valence-corrected chi connectivity index (χ1v) is 11.8. The van der Waals surface area contributed by atoms with Crippen LogP contribution in [0.2, 0.25) is 0 Å². The molecule has 0 saturated carbocycles. The number of nitro benzene ring substituents is 1. The predicted octanol–water partition coefficient (Wildman–Crippen LogP) is 4.98. The Hall–Kier alpha value is -4.01. The van der Waals surface area contributed by atoms with Crippen LogP contribution < -0.4 is 9.50 Å². The maximum Gasteiger partial charge on any atom is 0.339 e. The molecule has 0 radical (unpaired) electrons. The zero-order chi connectivity index (χ0) is 24.9. The van der Waals surface area contributed by atoms with Gasteiger partial charge in [0, 0.05) is 22.2 Å². The van der Waals surface area contributed by atoms with Crippen molar-refractivity contribution in [1.82, 2.24) is 0 Å². The SMILES string of the molecule is Cc1ccc([N+](=O)[O-])cc1NC(=O)/C(C#N)=C/c1cc(Br)ccc1OS(=O)(=O)c1ccccc1. The highest BCUT2D eigenvalue weighted by Gasteiger charge is 2.20. The largest absolute Gasteiger partial charge is 0.378 e. The van der Waals surface area contributed by atoms with Crippen LogP contribution in [0.25, 0.3) is 6.08 Å². The van der Waals surface area contributed by atoms with Crippen LogP contribution in [0.15, 0.2) is 81.7 Å². The fourth-order valence-electron chi connectivity index (χ4n) is 2.81. The summed E-state index contributed by atoms with van der Waals surface area (Å²) in [6.45, 7) is 1.64. The van der Waals surface area contributed by atoms with Gasteiger partial charge in [0.05, 0.1) is 10.6 Å². The third-order valence-corrected chi connectivity index (χ3v) is 6.29. The molecule has 0 heterocycles. The van der Waals surface area contributed by atoms with E-state index in [2.05, 4.69) is 21.2 Å². The summed E-state index contributed by atoms with van der Waals surface area (Å²) in [5.74, 6) is -0.929. The van der Waals surface area contributed by atoms with E-state index in [1.54, 1.807) is 37.3 Å². The lowest BCUT2D eigenvalue weighted by Gasteiger charge is -2.11. The first-order valence-electron chi connectivity index (χ1n) is 9.58. The quantitative estimate of drug-likeness (QED) is 0.146. The Balaban J connectivity index is 1.96. The van der Waals surface area contributed by atoms with Gasteiger partial charge >= 0.3 is 10.1 Å². The van der Waals surface area contributed by atoms with Crippen molar-refractivity contribution in [2.45, 2.75) is 11.8 Å². The highest BCUT2D eigenvalue weighted by Crippen LogP contribution is 2.29. The molecule has 0 aliphatic heterocycles. The molecule has 0 atom stereocenters. The molecule has 1 N–H and O–H groups in total. The molecular weight excluding hydrogens is 526 g/mol. The molecule has 11 heteroatoms. The predicted molar refractivity (Wildman–Crippen MR) is 128 cm³/mol. The minimum Gasteiger partial charge on any atom is -0.378 e. The van der Waals surface area contributed by atoms with Crippen LogP contribution in [0.5, 0.6) is 5.75 Å². The number of carbonyl (C=O) groups excluding carboxylic acids is 1. The Kier molecular flexibility index (Phi) is 7.45. The number of anilines is 1. The number of rotatable bonds is 7. The van der Waals surface area contributed by atoms with Crippen molar-refractivity contribution in [2.75, 3.05) is 5.32 Å². The summed E-state index contributed by atoms with van der Waals surface area (Å²) < 4.78 is 31.1. The van der Waals surface area contributed by atoms with E-state index >= 15 is 0 Å². The number of halogens is 1. The second kappa shape index (κ2) is 10.3. The van der Waals surface area contributed by atoms with Gasteiger partial charge in [-0.15, -0.1) is 0 Å². The Morgan fingerprint density at radius 1 is 1.15 bits per heavy atom. The van der Waals surface area contributed by atoms with Gasteiger partial charge in [-0.2, -0.15) is 13.7 Å². The molecule has 0 unspecified atom stereocenters. The fraction of sp³-hybridized carbons (Fsp3) is 0.0435. The highest BCUT2D eigenvalue weighted by atomic mass is 79.9. The van der Waals surface area contributed by atoms with Crippen LogP contribution in [0.4, 0.5) is 11.4 Å². The molecule has 3 rings (SSSR count). The highest BCUT2D eigenvalue weighted by molar-refractivity contribution is 9.10. The molecule has 0 aliphatic carbocycles. The number of nitriles is 1. The van der Waals surface area contributed by atoms with Crippen LogP contribution >= 0.6 is 15.9 Å². The number of aryl methyl sites for hydroxylation is 1. The smallest absolute Gasteiger partial charge is 0.339 e. The van der Waals surface area contributed by atoms with Crippen LogP contribution in [-0.4, -0.2) is 19.2 Å². The Labute approximate surface area is 203 Å². The van der Waals surface area contributed by atoms with E-state index < -0.39 is 20.9 Å². The van der Waals surface area contributed by atoms with Crippen molar-refractivity contribution in [2.24, 2.45) is 0 Å². The van der Waals surface area contributed by atoms with Crippen molar-refractivity contribution in [3.63, 3.8) is 0 Å². The van der Waals surface area contributed by atoms with Gasteiger partial charge in [0.2, 0.25) is 0 Å². The zero-order valence-electron chi connectivity index (χ0n) is 17.6. The standard InChI is InChI=1S/C23H16BrN3O6S/c1-15-7-9-19(27(29)30)13-21(15)26-23(28)17(14-25)11-16-12-18(24)8-10-22(16)33-34(31,32)20-5-3-2-4-6-20/h2-13H,1H3,(H,26,28)/b17-11+. The summed E-state index contributed by atoms with van der Waals surface area (Å²) in [5, 5.41) is 23.1.